The molecule has 2 heterocycles. The average Bonchev–Trinajstić information content (AvgIpc) is 3.30. The largest absolute Gasteiger partial charge is 0.479 e. The third kappa shape index (κ3) is 8.96. The number of nitrogens with zero attached hydrogens (tertiary/aromatic N) is 1. The first-order valence-electron chi connectivity index (χ1n) is 14.2. The molecule has 1 aliphatic rings. The van der Waals surface area contributed by atoms with Gasteiger partial charge < -0.3 is 29.7 Å². The number of carbonyl (C=O) groups excluding carboxylic acids is 3. The predicted molar refractivity (Wildman–Crippen MR) is 173 cm³/mol. The van der Waals surface area contributed by atoms with Crippen molar-refractivity contribution in [1.82, 2.24) is 4.90 Å². The molecule has 0 atom stereocenters. The molecule has 0 spiro atoms. The van der Waals surface area contributed by atoms with Gasteiger partial charge in [0.1, 0.15) is 5.60 Å². The summed E-state index contributed by atoms with van der Waals surface area (Å²) in [6.45, 7) is 9.18. The Labute approximate surface area is 265 Å². The number of hydrogen-bond donors (Lipinski definition) is 2. The number of aryl methyl sites for hydroxylation is 1. The van der Waals surface area contributed by atoms with Gasteiger partial charge in [-0.1, -0.05) is 24.3 Å². The van der Waals surface area contributed by atoms with Crippen LogP contribution in [0.2, 0.25) is 0 Å². The van der Waals surface area contributed by atoms with E-state index in [1.54, 1.807) is 20.8 Å². The Morgan fingerprint density at radius 1 is 1.05 bits per heavy atom. The summed E-state index contributed by atoms with van der Waals surface area (Å²) in [4.78, 5) is 40.4. The number of benzene rings is 2. The molecule has 230 valence electrons. The fraction of sp³-hybridized carbons (Fsp3) is 0.406. The van der Waals surface area contributed by atoms with Gasteiger partial charge in [0, 0.05) is 31.0 Å². The van der Waals surface area contributed by atoms with E-state index in [2.05, 4.69) is 26.6 Å². The second-order valence-electron chi connectivity index (χ2n) is 11.5. The van der Waals surface area contributed by atoms with Gasteiger partial charge in [-0.2, -0.15) is 0 Å². The van der Waals surface area contributed by atoms with Crippen molar-refractivity contribution in [2.24, 2.45) is 5.92 Å². The monoisotopic (exact) mass is 671 g/mol. The standard InChI is InChI=1S/C32H38BrN3O6S/c1-20-8-6-11-24(16-20)35-31(39)36-14-12-21(13-15-36)18-34-23-10-7-9-22(17-23)28-26(33)27(29(43-28)30(38)40-5)41-19-25(37)42-32(2,3)4/h6-11,16-17,21,34H,12-15,18-19H2,1-5H3,(H,35,39). The number of carbonyl (C=O) groups is 3. The fourth-order valence-electron chi connectivity index (χ4n) is 4.74. The lowest BCUT2D eigenvalue weighted by molar-refractivity contribution is -0.157. The third-order valence-electron chi connectivity index (χ3n) is 6.82. The molecule has 43 heavy (non-hydrogen) atoms. The Hall–Kier alpha value is -3.57. The molecule has 0 saturated carbocycles. The molecule has 1 aliphatic heterocycles. The number of hydrogen-bond acceptors (Lipinski definition) is 8. The molecule has 4 rings (SSSR count). The van der Waals surface area contributed by atoms with Crippen LogP contribution in [-0.2, 0) is 14.3 Å². The molecule has 9 nitrogen and oxygen atoms in total. The molecule has 2 aromatic carbocycles. The zero-order valence-corrected chi connectivity index (χ0v) is 27.5. The molecule has 0 radical (unpaired) electrons. The molecule has 0 aliphatic carbocycles. The number of likely N-dealkylation sites (tertiary alicyclic amines) is 1. The number of urea groups is 1. The van der Waals surface area contributed by atoms with Crippen LogP contribution in [0, 0.1) is 12.8 Å². The summed E-state index contributed by atoms with van der Waals surface area (Å²) >= 11 is 4.81. The van der Waals surface area contributed by atoms with Crippen molar-refractivity contribution in [3.05, 3.63) is 63.4 Å². The summed E-state index contributed by atoms with van der Waals surface area (Å²) < 4.78 is 16.6. The number of esters is 2. The second-order valence-corrected chi connectivity index (χ2v) is 13.3. The minimum absolute atomic E-state index is 0.0630. The minimum atomic E-state index is -0.649. The molecule has 11 heteroatoms. The van der Waals surface area contributed by atoms with Crippen LogP contribution in [0.25, 0.3) is 10.4 Å². The number of amides is 2. The van der Waals surface area contributed by atoms with Gasteiger partial charge in [-0.3, -0.25) is 0 Å². The van der Waals surface area contributed by atoms with Crippen molar-refractivity contribution < 1.29 is 28.6 Å². The van der Waals surface area contributed by atoms with Crippen LogP contribution in [0.3, 0.4) is 0 Å². The Kier molecular flexibility index (Phi) is 10.7. The van der Waals surface area contributed by atoms with Crippen molar-refractivity contribution in [2.45, 2.75) is 46.1 Å². The zero-order chi connectivity index (χ0) is 31.1. The van der Waals surface area contributed by atoms with Crippen molar-refractivity contribution in [3.63, 3.8) is 0 Å². The highest BCUT2D eigenvalue weighted by Crippen LogP contribution is 2.46. The SMILES string of the molecule is COC(=O)c1sc(-c2cccc(NCC3CCN(C(=O)Nc4cccc(C)c4)CC3)c2)c(Br)c1OCC(=O)OC(C)(C)C. The predicted octanol–water partition coefficient (Wildman–Crippen LogP) is 7.35. The van der Waals surface area contributed by atoms with Gasteiger partial charge in [0.2, 0.25) is 0 Å². The lowest BCUT2D eigenvalue weighted by Crippen LogP contribution is -2.42. The van der Waals surface area contributed by atoms with Crippen molar-refractivity contribution in [1.29, 1.82) is 0 Å². The first-order chi connectivity index (χ1) is 20.4. The Balaban J connectivity index is 1.37. The molecular formula is C32H38BrN3O6S. The number of ether oxygens (including phenoxy) is 3. The summed E-state index contributed by atoms with van der Waals surface area (Å²) in [6.07, 6.45) is 1.82. The molecular weight excluding hydrogens is 634 g/mol. The van der Waals surface area contributed by atoms with Gasteiger partial charge in [-0.25, -0.2) is 14.4 Å². The summed E-state index contributed by atoms with van der Waals surface area (Å²) in [6, 6.07) is 15.6. The lowest BCUT2D eigenvalue weighted by Gasteiger charge is -2.32. The first kappa shape index (κ1) is 32.3. The van der Waals surface area contributed by atoms with Crippen LogP contribution in [0.15, 0.2) is 53.0 Å². The van der Waals surface area contributed by atoms with E-state index in [9.17, 15) is 14.4 Å². The van der Waals surface area contributed by atoms with Gasteiger partial charge in [-0.15, -0.1) is 11.3 Å². The molecule has 1 saturated heterocycles. The van der Waals surface area contributed by atoms with E-state index in [0.717, 1.165) is 46.8 Å². The summed E-state index contributed by atoms with van der Waals surface area (Å²) in [7, 11) is 1.30. The molecule has 0 bridgehead atoms. The maximum Gasteiger partial charge on any atom is 0.351 e. The van der Waals surface area contributed by atoms with E-state index in [-0.39, 0.29) is 23.3 Å². The molecule has 2 amide bonds. The minimum Gasteiger partial charge on any atom is -0.479 e. The van der Waals surface area contributed by atoms with Crippen LogP contribution in [-0.4, -0.2) is 61.8 Å². The van der Waals surface area contributed by atoms with Gasteiger partial charge >= 0.3 is 18.0 Å². The van der Waals surface area contributed by atoms with E-state index in [4.69, 9.17) is 14.2 Å². The summed E-state index contributed by atoms with van der Waals surface area (Å²) in [5, 5.41) is 6.54. The van der Waals surface area contributed by atoms with Gasteiger partial charge in [-0.05, 0) is 97.8 Å². The van der Waals surface area contributed by atoms with Crippen LogP contribution in [0.4, 0.5) is 16.2 Å². The number of piperidine rings is 1. The number of halogens is 1. The van der Waals surface area contributed by atoms with Crippen molar-refractivity contribution in [2.75, 3.05) is 44.0 Å². The maximum atomic E-state index is 12.7. The topological polar surface area (TPSA) is 106 Å². The number of nitrogens with one attached hydrogen (secondary N) is 2. The van der Waals surface area contributed by atoms with E-state index in [0.29, 0.717) is 23.5 Å². The van der Waals surface area contributed by atoms with Crippen LogP contribution >= 0.6 is 27.3 Å². The second kappa shape index (κ2) is 14.3. The smallest absolute Gasteiger partial charge is 0.351 e. The van der Waals surface area contributed by atoms with Gasteiger partial charge in [0.15, 0.2) is 17.2 Å². The highest BCUT2D eigenvalue weighted by Gasteiger charge is 2.27. The van der Waals surface area contributed by atoms with E-state index in [1.807, 2.05) is 60.4 Å². The zero-order valence-electron chi connectivity index (χ0n) is 25.1. The van der Waals surface area contributed by atoms with Gasteiger partial charge in [0.05, 0.1) is 16.5 Å². The number of anilines is 2. The normalized spacial score (nSPS) is 13.8. The number of thiophene rings is 1. The Morgan fingerprint density at radius 2 is 1.74 bits per heavy atom. The van der Waals surface area contributed by atoms with Crippen LogP contribution in [0.5, 0.6) is 5.75 Å². The third-order valence-corrected chi connectivity index (χ3v) is 9.04. The van der Waals surface area contributed by atoms with E-state index in [1.165, 1.54) is 18.4 Å². The fourth-order valence-corrected chi connectivity index (χ4v) is 6.71. The van der Waals surface area contributed by atoms with Gasteiger partial charge in [0.25, 0.3) is 0 Å². The molecule has 1 aromatic heterocycles. The molecule has 2 N–H and O–H groups in total. The molecule has 1 fully saturated rings. The maximum absolute atomic E-state index is 12.7. The highest BCUT2D eigenvalue weighted by molar-refractivity contribution is 9.10. The highest BCUT2D eigenvalue weighted by atomic mass is 79.9. The average molecular weight is 673 g/mol. The number of methoxy groups -OCH3 is 1. The Bertz CT molecular complexity index is 1460. The van der Waals surface area contributed by atoms with E-state index < -0.39 is 17.5 Å². The quantitative estimate of drug-likeness (QED) is 0.229. The van der Waals surface area contributed by atoms with Crippen molar-refractivity contribution >= 4 is 56.6 Å². The van der Waals surface area contributed by atoms with Crippen LogP contribution in [0.1, 0.15) is 48.8 Å². The van der Waals surface area contributed by atoms with Crippen molar-refractivity contribution in [3.8, 4) is 16.2 Å². The Morgan fingerprint density at radius 3 is 2.42 bits per heavy atom. The first-order valence-corrected chi connectivity index (χ1v) is 15.8. The lowest BCUT2D eigenvalue weighted by atomic mass is 9.97. The summed E-state index contributed by atoms with van der Waals surface area (Å²) in [5.74, 6) is -0.413. The van der Waals surface area contributed by atoms with Crippen LogP contribution < -0.4 is 15.4 Å². The number of rotatable bonds is 9. The van der Waals surface area contributed by atoms with E-state index >= 15 is 0 Å². The summed E-state index contributed by atoms with van der Waals surface area (Å²) in [5.41, 5.74) is 3.08. The molecule has 0 unspecified atom stereocenters. The molecule has 3 aromatic rings.